The summed E-state index contributed by atoms with van der Waals surface area (Å²) in [5, 5.41) is 7.36. The smallest absolute Gasteiger partial charge is 0.0944 e. The van der Waals surface area contributed by atoms with Crippen molar-refractivity contribution in [3.8, 4) is 0 Å². The first-order chi connectivity index (χ1) is 9.97. The zero-order chi connectivity index (χ0) is 15.0. The third-order valence-electron chi connectivity index (χ3n) is 5.49. The first kappa shape index (κ1) is 15.5. The summed E-state index contributed by atoms with van der Waals surface area (Å²) in [6.45, 7) is 10.1. The van der Waals surface area contributed by atoms with E-state index in [1.165, 1.54) is 36.4 Å². The fraction of sp³-hybridized carbons (Fsp3) is 0.833. The van der Waals surface area contributed by atoms with Crippen LogP contribution in [0.2, 0.25) is 0 Å². The Morgan fingerprint density at radius 1 is 1.33 bits per heavy atom. The van der Waals surface area contributed by atoms with Crippen LogP contribution in [0.3, 0.4) is 0 Å². The van der Waals surface area contributed by atoms with E-state index in [0.29, 0.717) is 6.04 Å². The highest BCUT2D eigenvalue weighted by Gasteiger charge is 2.42. The van der Waals surface area contributed by atoms with Gasteiger partial charge in [0.1, 0.15) is 0 Å². The second-order valence-corrected chi connectivity index (χ2v) is 9.03. The number of aromatic nitrogens is 1. The van der Waals surface area contributed by atoms with Crippen LogP contribution < -0.4 is 5.32 Å². The molecule has 0 aliphatic heterocycles. The Balaban J connectivity index is 1.69. The highest BCUT2D eigenvalue weighted by Crippen LogP contribution is 2.50. The van der Waals surface area contributed by atoms with Gasteiger partial charge in [-0.05, 0) is 43.6 Å². The molecule has 2 bridgehead atoms. The van der Waals surface area contributed by atoms with Gasteiger partial charge in [-0.2, -0.15) is 0 Å². The molecule has 4 unspecified atom stereocenters. The van der Waals surface area contributed by atoms with Crippen molar-refractivity contribution in [2.24, 2.45) is 17.8 Å². The maximum Gasteiger partial charge on any atom is 0.0944 e. The van der Waals surface area contributed by atoms with Gasteiger partial charge in [-0.3, -0.25) is 0 Å². The molecule has 118 valence electrons. The van der Waals surface area contributed by atoms with Crippen molar-refractivity contribution in [2.75, 3.05) is 6.54 Å². The van der Waals surface area contributed by atoms with E-state index in [-0.39, 0.29) is 5.41 Å². The molecule has 0 amide bonds. The molecule has 3 heteroatoms. The van der Waals surface area contributed by atoms with Crippen molar-refractivity contribution in [1.82, 2.24) is 10.3 Å². The Morgan fingerprint density at radius 3 is 2.67 bits per heavy atom. The normalized spacial score (nSPS) is 30.0. The third-order valence-corrected chi connectivity index (χ3v) is 6.36. The van der Waals surface area contributed by atoms with E-state index in [1.807, 2.05) is 11.3 Å². The molecular formula is C18H30N2S. The molecule has 2 aliphatic rings. The van der Waals surface area contributed by atoms with Gasteiger partial charge in [0.2, 0.25) is 0 Å². The van der Waals surface area contributed by atoms with Crippen molar-refractivity contribution in [3.05, 3.63) is 16.1 Å². The van der Waals surface area contributed by atoms with Gasteiger partial charge in [0.25, 0.3) is 0 Å². The van der Waals surface area contributed by atoms with Gasteiger partial charge in [0.05, 0.1) is 10.7 Å². The zero-order valence-electron chi connectivity index (χ0n) is 14.0. The fourth-order valence-corrected chi connectivity index (χ4v) is 5.44. The van der Waals surface area contributed by atoms with Gasteiger partial charge in [-0.15, -0.1) is 11.3 Å². The molecule has 1 aromatic rings. The average molecular weight is 307 g/mol. The van der Waals surface area contributed by atoms with Crippen LogP contribution in [-0.2, 0) is 11.8 Å². The van der Waals surface area contributed by atoms with E-state index in [0.717, 1.165) is 30.7 Å². The van der Waals surface area contributed by atoms with Crippen molar-refractivity contribution >= 4 is 11.3 Å². The van der Waals surface area contributed by atoms with Crippen LogP contribution in [-0.4, -0.2) is 17.6 Å². The van der Waals surface area contributed by atoms with Crippen molar-refractivity contribution in [3.63, 3.8) is 0 Å². The van der Waals surface area contributed by atoms with Crippen LogP contribution in [0, 0.1) is 17.8 Å². The van der Waals surface area contributed by atoms with Gasteiger partial charge >= 0.3 is 0 Å². The van der Waals surface area contributed by atoms with Crippen molar-refractivity contribution < 1.29 is 0 Å². The lowest BCUT2D eigenvalue weighted by molar-refractivity contribution is 0.249. The minimum atomic E-state index is 0.175. The molecule has 1 aromatic heterocycles. The van der Waals surface area contributed by atoms with Crippen LogP contribution in [0.5, 0.6) is 0 Å². The Bertz CT molecular complexity index is 474. The Labute approximate surface area is 133 Å². The molecule has 21 heavy (non-hydrogen) atoms. The minimum Gasteiger partial charge on any atom is -0.314 e. The van der Waals surface area contributed by atoms with E-state index < -0.39 is 0 Å². The summed E-state index contributed by atoms with van der Waals surface area (Å²) < 4.78 is 0. The molecule has 1 N–H and O–H groups in total. The van der Waals surface area contributed by atoms with Gasteiger partial charge in [0, 0.05) is 23.3 Å². The molecule has 0 aromatic carbocycles. The molecule has 2 saturated carbocycles. The van der Waals surface area contributed by atoms with Crippen LogP contribution in [0.1, 0.15) is 64.1 Å². The Hall–Kier alpha value is -0.410. The molecule has 2 fully saturated rings. The van der Waals surface area contributed by atoms with Gasteiger partial charge in [0.15, 0.2) is 0 Å². The lowest BCUT2D eigenvalue weighted by Gasteiger charge is -2.30. The highest BCUT2D eigenvalue weighted by atomic mass is 32.1. The summed E-state index contributed by atoms with van der Waals surface area (Å²) in [5.74, 6) is 2.91. The lowest BCUT2D eigenvalue weighted by atomic mass is 9.82. The van der Waals surface area contributed by atoms with E-state index >= 15 is 0 Å². The highest BCUT2D eigenvalue weighted by molar-refractivity contribution is 7.09. The molecule has 2 aliphatic carbocycles. The standard InChI is InChI=1S/C18H30N2S/c1-5-19-15(14-9-12-6-7-13(14)8-12)10-17-20-16(11-21-17)18(2,3)4/h11-15,19H,5-10H2,1-4H3. The van der Waals surface area contributed by atoms with Crippen molar-refractivity contribution in [1.29, 1.82) is 0 Å². The maximum absolute atomic E-state index is 4.92. The van der Waals surface area contributed by atoms with Crippen molar-refractivity contribution in [2.45, 2.75) is 71.3 Å². The second-order valence-electron chi connectivity index (χ2n) is 8.08. The van der Waals surface area contributed by atoms with Crippen LogP contribution in [0.15, 0.2) is 5.38 Å². The number of rotatable bonds is 5. The molecule has 3 rings (SSSR count). The van der Waals surface area contributed by atoms with E-state index in [4.69, 9.17) is 4.98 Å². The van der Waals surface area contributed by atoms with Crippen LogP contribution >= 0.6 is 11.3 Å². The van der Waals surface area contributed by atoms with Gasteiger partial charge < -0.3 is 5.32 Å². The predicted octanol–water partition coefficient (Wildman–Crippen LogP) is 4.40. The van der Waals surface area contributed by atoms with Gasteiger partial charge in [-0.1, -0.05) is 34.1 Å². The summed E-state index contributed by atoms with van der Waals surface area (Å²) in [4.78, 5) is 4.92. The first-order valence-electron chi connectivity index (χ1n) is 8.65. The number of likely N-dealkylation sites (N-methyl/N-ethyl adjacent to an activating group) is 1. The molecule has 4 atom stereocenters. The number of hydrogen-bond acceptors (Lipinski definition) is 3. The van der Waals surface area contributed by atoms with E-state index in [1.54, 1.807) is 0 Å². The van der Waals surface area contributed by atoms with Crippen LogP contribution in [0.4, 0.5) is 0 Å². The maximum atomic E-state index is 4.92. The number of nitrogens with zero attached hydrogens (tertiary/aromatic N) is 1. The number of hydrogen-bond donors (Lipinski definition) is 1. The molecule has 0 radical (unpaired) electrons. The summed E-state index contributed by atoms with van der Waals surface area (Å²) >= 11 is 1.86. The summed E-state index contributed by atoms with van der Waals surface area (Å²) in [6, 6.07) is 0.643. The predicted molar refractivity (Wildman–Crippen MR) is 90.9 cm³/mol. The first-order valence-corrected chi connectivity index (χ1v) is 9.53. The lowest BCUT2D eigenvalue weighted by Crippen LogP contribution is -2.40. The van der Waals surface area contributed by atoms with E-state index in [2.05, 4.69) is 38.4 Å². The quantitative estimate of drug-likeness (QED) is 0.872. The average Bonchev–Trinajstić information content (AvgIpc) is 3.13. The molecular weight excluding hydrogens is 276 g/mol. The summed E-state index contributed by atoms with van der Waals surface area (Å²) in [6.07, 6.45) is 7.05. The summed E-state index contributed by atoms with van der Waals surface area (Å²) in [7, 11) is 0. The van der Waals surface area contributed by atoms with E-state index in [9.17, 15) is 0 Å². The number of fused-ring (bicyclic) bond motifs is 2. The molecule has 2 nitrogen and oxygen atoms in total. The van der Waals surface area contributed by atoms with Crippen LogP contribution in [0.25, 0.3) is 0 Å². The number of nitrogens with one attached hydrogen (secondary N) is 1. The Morgan fingerprint density at radius 2 is 2.14 bits per heavy atom. The second kappa shape index (κ2) is 6.00. The SMILES string of the molecule is CCNC(Cc1nc(C(C)(C)C)cs1)C1CC2CCC1C2. The largest absolute Gasteiger partial charge is 0.314 e. The zero-order valence-corrected chi connectivity index (χ0v) is 14.8. The van der Waals surface area contributed by atoms with Gasteiger partial charge in [-0.25, -0.2) is 4.98 Å². The molecule has 1 heterocycles. The topological polar surface area (TPSA) is 24.9 Å². The molecule has 0 saturated heterocycles. The monoisotopic (exact) mass is 306 g/mol. The third kappa shape index (κ3) is 3.34. The minimum absolute atomic E-state index is 0.175. The number of thiazole rings is 1. The molecule has 0 spiro atoms. The fourth-order valence-electron chi connectivity index (χ4n) is 4.36. The Kier molecular flexibility index (Phi) is 4.42. The summed E-state index contributed by atoms with van der Waals surface area (Å²) in [5.41, 5.74) is 1.43.